The summed E-state index contributed by atoms with van der Waals surface area (Å²) in [5.74, 6) is -0.194. The van der Waals surface area contributed by atoms with Gasteiger partial charge < -0.3 is 14.6 Å². The molecule has 128 valence electrons. The summed E-state index contributed by atoms with van der Waals surface area (Å²) >= 11 is 1.62. The third-order valence-electron chi connectivity index (χ3n) is 5.43. The molecular formula is C19H22O4S. The van der Waals surface area contributed by atoms with Crippen molar-refractivity contribution in [3.8, 4) is 0 Å². The number of aliphatic hydroxyl groups is 1. The second kappa shape index (κ2) is 6.14. The summed E-state index contributed by atoms with van der Waals surface area (Å²) < 4.78 is 11.7. The predicted octanol–water partition coefficient (Wildman–Crippen LogP) is 3.32. The van der Waals surface area contributed by atoms with Crippen molar-refractivity contribution in [2.45, 2.75) is 50.4 Å². The molecule has 2 aliphatic heterocycles. The molecule has 0 spiro atoms. The van der Waals surface area contributed by atoms with Gasteiger partial charge in [-0.05, 0) is 66.6 Å². The summed E-state index contributed by atoms with van der Waals surface area (Å²) in [6, 6.07) is 2.01. The highest BCUT2D eigenvalue weighted by Gasteiger charge is 2.61. The van der Waals surface area contributed by atoms with Crippen molar-refractivity contribution in [3.63, 3.8) is 0 Å². The van der Waals surface area contributed by atoms with E-state index >= 15 is 0 Å². The average Bonchev–Trinajstić information content (AvgIpc) is 2.89. The van der Waals surface area contributed by atoms with Crippen LogP contribution in [-0.2, 0) is 14.3 Å². The second-order valence-electron chi connectivity index (χ2n) is 7.08. The first-order valence-electron chi connectivity index (χ1n) is 8.52. The van der Waals surface area contributed by atoms with Crippen LogP contribution in [-0.4, -0.2) is 35.5 Å². The van der Waals surface area contributed by atoms with Crippen LogP contribution in [0.3, 0.4) is 0 Å². The van der Waals surface area contributed by atoms with Gasteiger partial charge in [-0.3, -0.25) is 0 Å². The fourth-order valence-electron chi connectivity index (χ4n) is 3.92. The van der Waals surface area contributed by atoms with Gasteiger partial charge in [-0.15, -0.1) is 0 Å². The van der Waals surface area contributed by atoms with Gasteiger partial charge in [0, 0.05) is 11.5 Å². The zero-order valence-corrected chi connectivity index (χ0v) is 14.6. The number of hydrogen-bond donors (Lipinski definition) is 1. The number of rotatable bonds is 2. The van der Waals surface area contributed by atoms with E-state index < -0.39 is 0 Å². The number of hydrogen-bond acceptors (Lipinski definition) is 5. The first-order valence-corrected chi connectivity index (χ1v) is 9.46. The van der Waals surface area contributed by atoms with Crippen LogP contribution in [0.2, 0.25) is 0 Å². The Morgan fingerprint density at radius 2 is 2.38 bits per heavy atom. The molecule has 4 rings (SSSR count). The third-order valence-corrected chi connectivity index (χ3v) is 6.13. The third kappa shape index (κ3) is 2.85. The molecule has 0 saturated carbocycles. The van der Waals surface area contributed by atoms with Crippen molar-refractivity contribution in [3.05, 3.63) is 39.6 Å². The van der Waals surface area contributed by atoms with E-state index in [0.29, 0.717) is 0 Å². The van der Waals surface area contributed by atoms with Crippen LogP contribution >= 0.6 is 11.3 Å². The molecule has 1 aromatic heterocycles. The number of esters is 1. The first kappa shape index (κ1) is 16.1. The lowest BCUT2D eigenvalue weighted by Crippen LogP contribution is -2.29. The lowest BCUT2D eigenvalue weighted by molar-refractivity contribution is -0.139. The highest BCUT2D eigenvalue weighted by molar-refractivity contribution is 7.08. The van der Waals surface area contributed by atoms with Crippen LogP contribution in [0.4, 0.5) is 0 Å². The molecule has 4 nitrogen and oxygen atoms in total. The van der Waals surface area contributed by atoms with Gasteiger partial charge in [0.05, 0.1) is 12.2 Å². The topological polar surface area (TPSA) is 59.1 Å². The number of aliphatic hydroxyl groups excluding tert-OH is 1. The second-order valence-corrected chi connectivity index (χ2v) is 7.86. The van der Waals surface area contributed by atoms with Crippen LogP contribution in [0.15, 0.2) is 34.0 Å². The molecule has 2 fully saturated rings. The van der Waals surface area contributed by atoms with Gasteiger partial charge in [-0.25, -0.2) is 4.79 Å². The molecule has 2 saturated heterocycles. The Morgan fingerprint density at radius 3 is 3.12 bits per heavy atom. The lowest BCUT2D eigenvalue weighted by Gasteiger charge is -2.19. The molecule has 0 radical (unpaired) electrons. The number of fused-ring (bicyclic) bond motifs is 3. The first-order chi connectivity index (χ1) is 11.6. The number of carbonyl (C=O) groups excluding carboxylic acids is 1. The lowest BCUT2D eigenvalue weighted by atomic mass is 9.83. The van der Waals surface area contributed by atoms with Gasteiger partial charge in [0.15, 0.2) is 0 Å². The standard InChI is InChI=1S/C19H22O4S/c1-19-7-2-3-12(10-20)4-5-14-15(9-13-6-8-24-11-13)18(21)22-16(14)17(19)23-19/h3,6,8-9,11,14,16-17,20H,2,4-5,7,10H2,1H3/b12-3+,15-9+/t14-,16+,17+,19-/m1/s1. The average molecular weight is 346 g/mol. The predicted molar refractivity (Wildman–Crippen MR) is 92.6 cm³/mol. The summed E-state index contributed by atoms with van der Waals surface area (Å²) in [6.07, 6.45) is 7.25. The minimum Gasteiger partial charge on any atom is -0.455 e. The van der Waals surface area contributed by atoms with Gasteiger partial charge in [-0.2, -0.15) is 11.3 Å². The molecule has 1 aliphatic carbocycles. The van der Waals surface area contributed by atoms with Gasteiger partial charge in [0.2, 0.25) is 0 Å². The van der Waals surface area contributed by atoms with E-state index in [4.69, 9.17) is 9.47 Å². The Balaban J connectivity index is 1.66. The van der Waals surface area contributed by atoms with E-state index in [2.05, 4.69) is 13.0 Å². The number of ether oxygens (including phenoxy) is 2. The summed E-state index contributed by atoms with van der Waals surface area (Å²) in [6.45, 7) is 2.17. The summed E-state index contributed by atoms with van der Waals surface area (Å²) in [5, 5.41) is 13.6. The van der Waals surface area contributed by atoms with Gasteiger partial charge in [0.25, 0.3) is 0 Å². The Bertz CT molecular complexity index is 690. The molecule has 3 aliphatic rings. The molecule has 1 N–H and O–H groups in total. The molecule has 0 bridgehead atoms. The smallest absolute Gasteiger partial charge is 0.334 e. The van der Waals surface area contributed by atoms with Crippen molar-refractivity contribution < 1.29 is 19.4 Å². The van der Waals surface area contributed by atoms with E-state index in [1.165, 1.54) is 0 Å². The minimum atomic E-state index is -0.220. The Labute approximate surface area is 145 Å². The highest BCUT2D eigenvalue weighted by Crippen LogP contribution is 2.50. The molecule has 1 aromatic rings. The van der Waals surface area contributed by atoms with E-state index in [-0.39, 0.29) is 36.3 Å². The number of thiophene rings is 1. The van der Waals surface area contributed by atoms with Crippen molar-refractivity contribution in [1.29, 1.82) is 0 Å². The normalized spacial score (nSPS) is 39.6. The zero-order valence-electron chi connectivity index (χ0n) is 13.7. The molecule has 0 aromatic carbocycles. The highest BCUT2D eigenvalue weighted by atomic mass is 32.1. The number of allylic oxidation sites excluding steroid dienone is 1. The van der Waals surface area contributed by atoms with Crippen LogP contribution in [0.25, 0.3) is 6.08 Å². The van der Waals surface area contributed by atoms with Crippen LogP contribution in [0.5, 0.6) is 0 Å². The fraction of sp³-hybridized carbons (Fsp3) is 0.526. The number of carbonyl (C=O) groups is 1. The quantitative estimate of drug-likeness (QED) is 0.386. The van der Waals surface area contributed by atoms with E-state index in [1.54, 1.807) is 11.3 Å². The maximum absolute atomic E-state index is 12.5. The van der Waals surface area contributed by atoms with Gasteiger partial charge in [-0.1, -0.05) is 6.08 Å². The van der Waals surface area contributed by atoms with Gasteiger partial charge in [0.1, 0.15) is 12.2 Å². The molecule has 0 amide bonds. The fourth-order valence-corrected chi connectivity index (χ4v) is 4.54. The van der Waals surface area contributed by atoms with E-state index in [1.807, 2.05) is 22.9 Å². The summed E-state index contributed by atoms with van der Waals surface area (Å²) in [5.41, 5.74) is 2.62. The molecular weight excluding hydrogens is 324 g/mol. The zero-order chi connectivity index (χ0) is 16.7. The Morgan fingerprint density at radius 1 is 1.50 bits per heavy atom. The largest absolute Gasteiger partial charge is 0.455 e. The Kier molecular flexibility index (Phi) is 4.11. The number of epoxide rings is 1. The molecule has 4 atom stereocenters. The Hall–Kier alpha value is -1.43. The van der Waals surface area contributed by atoms with Crippen molar-refractivity contribution in [2.24, 2.45) is 5.92 Å². The van der Waals surface area contributed by atoms with E-state index in [0.717, 1.165) is 42.4 Å². The SMILES string of the molecule is C[C@@]12CC/C=C(/CO)CC[C@@H]3/C(=C\c4ccsc4)C(=O)O[C@@H]3[C@@H]1O2. The van der Waals surface area contributed by atoms with Crippen LogP contribution in [0, 0.1) is 5.92 Å². The van der Waals surface area contributed by atoms with Crippen molar-refractivity contribution in [1.82, 2.24) is 0 Å². The monoisotopic (exact) mass is 346 g/mol. The summed E-state index contributed by atoms with van der Waals surface area (Å²) in [7, 11) is 0. The summed E-state index contributed by atoms with van der Waals surface area (Å²) in [4.78, 5) is 12.5. The van der Waals surface area contributed by atoms with Crippen molar-refractivity contribution >= 4 is 23.4 Å². The molecule has 3 heterocycles. The molecule has 0 unspecified atom stereocenters. The van der Waals surface area contributed by atoms with Crippen LogP contribution < -0.4 is 0 Å². The minimum absolute atomic E-state index is 0.0103. The maximum Gasteiger partial charge on any atom is 0.334 e. The van der Waals surface area contributed by atoms with Crippen molar-refractivity contribution in [2.75, 3.05) is 6.61 Å². The van der Waals surface area contributed by atoms with Crippen LogP contribution in [0.1, 0.15) is 38.2 Å². The van der Waals surface area contributed by atoms with E-state index in [9.17, 15) is 9.90 Å². The maximum atomic E-state index is 12.5. The molecule has 24 heavy (non-hydrogen) atoms. The molecule has 5 heteroatoms. The van der Waals surface area contributed by atoms with Gasteiger partial charge >= 0.3 is 5.97 Å².